The SMILES string of the molecule is O=C(O)[C@H]1C2CCC(CC2)[C@@H]1Cc1cc(-c2ccc(C3CC3)o2)nc(-c2[nH]nc3ncc(F)cc23)n1. The molecule has 0 aromatic carbocycles. The first-order valence-electron chi connectivity index (χ1n) is 12.7. The van der Waals surface area contributed by atoms with Crippen molar-refractivity contribution in [3.05, 3.63) is 47.7 Å². The second-order valence-corrected chi connectivity index (χ2v) is 10.6. The van der Waals surface area contributed by atoms with Crippen LogP contribution in [0.5, 0.6) is 0 Å². The van der Waals surface area contributed by atoms with Crippen LogP contribution in [0.4, 0.5) is 4.39 Å². The molecular weight excluding hydrogens is 461 g/mol. The Morgan fingerprint density at radius 2 is 1.89 bits per heavy atom. The third kappa shape index (κ3) is 3.68. The second-order valence-electron chi connectivity index (χ2n) is 10.6. The van der Waals surface area contributed by atoms with Gasteiger partial charge in [0.25, 0.3) is 0 Å². The minimum atomic E-state index is -0.704. The van der Waals surface area contributed by atoms with Crippen LogP contribution in [0.2, 0.25) is 0 Å². The predicted molar refractivity (Wildman–Crippen MR) is 128 cm³/mol. The largest absolute Gasteiger partial charge is 0.481 e. The van der Waals surface area contributed by atoms with Gasteiger partial charge in [0.2, 0.25) is 0 Å². The van der Waals surface area contributed by atoms with Crippen molar-refractivity contribution in [2.45, 2.75) is 50.9 Å². The summed E-state index contributed by atoms with van der Waals surface area (Å²) >= 11 is 0. The number of aliphatic carboxylic acids is 1. The number of nitrogens with zero attached hydrogens (tertiary/aromatic N) is 4. The van der Waals surface area contributed by atoms with E-state index >= 15 is 0 Å². The highest BCUT2D eigenvalue weighted by molar-refractivity contribution is 5.88. The van der Waals surface area contributed by atoms with Crippen molar-refractivity contribution in [1.29, 1.82) is 0 Å². The number of halogens is 1. The molecule has 0 spiro atoms. The van der Waals surface area contributed by atoms with Crippen LogP contribution in [0, 0.1) is 29.5 Å². The summed E-state index contributed by atoms with van der Waals surface area (Å²) in [5.41, 5.74) is 2.25. The standard InChI is InChI=1S/C27H26FN5O3/c28-16-9-19-24(32-33-25(19)29-12-16)26-30-17(10-18-13-1-5-15(6-2-13)23(18)27(34)35)11-20(31-26)22-8-7-21(36-22)14-3-4-14/h7-9,11-15,18,23H,1-6,10H2,(H,34,35)(H,29,32,33)/t13?,15?,18-,23-/m0/s1. The highest BCUT2D eigenvalue weighted by Crippen LogP contribution is 2.50. The molecule has 4 aliphatic rings. The van der Waals surface area contributed by atoms with E-state index in [4.69, 9.17) is 14.4 Å². The minimum absolute atomic E-state index is 0.0295. The number of furan rings is 1. The molecule has 4 aliphatic carbocycles. The zero-order valence-electron chi connectivity index (χ0n) is 19.7. The number of carboxylic acids is 1. The van der Waals surface area contributed by atoms with Gasteiger partial charge in [0.05, 0.1) is 17.5 Å². The van der Waals surface area contributed by atoms with Gasteiger partial charge < -0.3 is 9.52 Å². The lowest BCUT2D eigenvalue weighted by molar-refractivity contribution is -0.152. The molecule has 4 aromatic rings. The average molecular weight is 488 g/mol. The Balaban J connectivity index is 1.32. The number of H-pyrrole nitrogens is 1. The summed E-state index contributed by atoms with van der Waals surface area (Å²) in [5.74, 6) is 1.57. The lowest BCUT2D eigenvalue weighted by Crippen LogP contribution is -2.45. The fourth-order valence-corrected chi connectivity index (χ4v) is 6.46. The molecule has 0 saturated heterocycles. The molecule has 2 N–H and O–H groups in total. The molecule has 9 heteroatoms. The zero-order valence-corrected chi connectivity index (χ0v) is 19.7. The van der Waals surface area contributed by atoms with Gasteiger partial charge in [-0.2, -0.15) is 5.10 Å². The molecule has 0 aliphatic heterocycles. The van der Waals surface area contributed by atoms with E-state index in [1.165, 1.54) is 6.07 Å². The van der Waals surface area contributed by atoms with Gasteiger partial charge in [-0.3, -0.25) is 9.89 Å². The maximum atomic E-state index is 14.0. The molecule has 4 fully saturated rings. The average Bonchev–Trinajstić information content (AvgIpc) is 3.46. The highest BCUT2D eigenvalue weighted by atomic mass is 19.1. The molecular formula is C27H26FN5O3. The summed E-state index contributed by atoms with van der Waals surface area (Å²) in [7, 11) is 0. The van der Waals surface area contributed by atoms with Crippen LogP contribution >= 0.6 is 0 Å². The number of carboxylic acid groups (broad SMARTS) is 1. The highest BCUT2D eigenvalue weighted by Gasteiger charge is 2.47. The third-order valence-corrected chi connectivity index (χ3v) is 8.36. The summed E-state index contributed by atoms with van der Waals surface area (Å²) < 4.78 is 20.2. The van der Waals surface area contributed by atoms with E-state index in [9.17, 15) is 14.3 Å². The lowest BCUT2D eigenvalue weighted by atomic mass is 9.57. The molecule has 2 atom stereocenters. The number of carbonyl (C=O) groups is 1. The summed E-state index contributed by atoms with van der Waals surface area (Å²) in [5, 5.41) is 17.7. The first-order valence-corrected chi connectivity index (χ1v) is 12.7. The monoisotopic (exact) mass is 487 g/mol. The van der Waals surface area contributed by atoms with Gasteiger partial charge in [-0.1, -0.05) is 0 Å². The van der Waals surface area contributed by atoms with Crippen LogP contribution in [0.3, 0.4) is 0 Å². The van der Waals surface area contributed by atoms with E-state index in [-0.39, 0.29) is 17.8 Å². The zero-order chi connectivity index (χ0) is 24.4. The van der Waals surface area contributed by atoms with Gasteiger partial charge in [-0.25, -0.2) is 19.3 Å². The number of fused-ring (bicyclic) bond motifs is 4. The van der Waals surface area contributed by atoms with Crippen LogP contribution in [0.25, 0.3) is 34.0 Å². The summed E-state index contributed by atoms with van der Waals surface area (Å²) in [4.78, 5) is 25.9. The van der Waals surface area contributed by atoms with Crippen molar-refractivity contribution in [2.75, 3.05) is 0 Å². The molecule has 0 unspecified atom stereocenters. The van der Waals surface area contributed by atoms with E-state index in [1.54, 1.807) is 0 Å². The van der Waals surface area contributed by atoms with Crippen LogP contribution in [-0.4, -0.2) is 36.2 Å². The van der Waals surface area contributed by atoms with Crippen LogP contribution in [-0.2, 0) is 11.2 Å². The molecule has 8 nitrogen and oxygen atoms in total. The van der Waals surface area contributed by atoms with Gasteiger partial charge in [0.1, 0.15) is 23.0 Å². The first kappa shape index (κ1) is 21.6. The normalized spacial score (nSPS) is 25.5. The molecule has 36 heavy (non-hydrogen) atoms. The first-order chi connectivity index (χ1) is 17.5. The molecule has 0 radical (unpaired) electrons. The molecule has 2 bridgehead atoms. The molecule has 4 aromatic heterocycles. The van der Waals surface area contributed by atoms with Crippen LogP contribution in [0.15, 0.2) is 34.9 Å². The number of pyridine rings is 1. The van der Waals surface area contributed by atoms with Crippen molar-refractivity contribution >= 4 is 17.0 Å². The summed E-state index contributed by atoms with van der Waals surface area (Å²) in [6.07, 6.45) is 8.07. The van der Waals surface area contributed by atoms with Crippen molar-refractivity contribution in [1.82, 2.24) is 25.1 Å². The fraction of sp³-hybridized carbons (Fsp3) is 0.444. The number of hydrogen-bond donors (Lipinski definition) is 2. The van der Waals surface area contributed by atoms with Crippen molar-refractivity contribution in [3.8, 4) is 23.0 Å². The summed E-state index contributed by atoms with van der Waals surface area (Å²) in [6, 6.07) is 7.21. The maximum absolute atomic E-state index is 14.0. The number of nitrogens with one attached hydrogen (secondary N) is 1. The van der Waals surface area contributed by atoms with Crippen LogP contribution in [0.1, 0.15) is 55.9 Å². The van der Waals surface area contributed by atoms with E-state index in [0.29, 0.717) is 52.3 Å². The quantitative estimate of drug-likeness (QED) is 0.375. The van der Waals surface area contributed by atoms with Gasteiger partial charge in [0, 0.05) is 11.6 Å². The summed E-state index contributed by atoms with van der Waals surface area (Å²) in [6.45, 7) is 0. The Hall–Kier alpha value is -3.62. The number of aromatic amines is 1. The molecule has 4 saturated carbocycles. The Bertz CT molecular complexity index is 1470. The van der Waals surface area contributed by atoms with Crippen molar-refractivity contribution < 1.29 is 18.7 Å². The minimum Gasteiger partial charge on any atom is -0.481 e. The van der Waals surface area contributed by atoms with Gasteiger partial charge in [0.15, 0.2) is 17.2 Å². The number of aromatic nitrogens is 5. The Kier molecular flexibility index (Phi) is 4.94. The van der Waals surface area contributed by atoms with E-state index in [1.807, 2.05) is 18.2 Å². The number of hydrogen-bond acceptors (Lipinski definition) is 6. The molecule has 184 valence electrons. The Labute approximate surface area is 206 Å². The Morgan fingerprint density at radius 3 is 2.67 bits per heavy atom. The lowest BCUT2D eigenvalue weighted by Gasteiger charge is -2.46. The molecule has 4 heterocycles. The van der Waals surface area contributed by atoms with Gasteiger partial charge in [-0.05, 0) is 87.0 Å². The fourth-order valence-electron chi connectivity index (χ4n) is 6.46. The van der Waals surface area contributed by atoms with Crippen LogP contribution < -0.4 is 0 Å². The van der Waals surface area contributed by atoms with E-state index < -0.39 is 11.8 Å². The topological polar surface area (TPSA) is 118 Å². The van der Waals surface area contributed by atoms with E-state index in [0.717, 1.165) is 56.2 Å². The molecule has 8 rings (SSSR count). The number of rotatable bonds is 6. The van der Waals surface area contributed by atoms with Gasteiger partial charge >= 0.3 is 5.97 Å². The second kappa shape index (κ2) is 8.21. The maximum Gasteiger partial charge on any atom is 0.307 e. The third-order valence-electron chi connectivity index (χ3n) is 8.36. The van der Waals surface area contributed by atoms with Crippen molar-refractivity contribution in [2.24, 2.45) is 23.7 Å². The smallest absolute Gasteiger partial charge is 0.307 e. The van der Waals surface area contributed by atoms with E-state index in [2.05, 4.69) is 15.2 Å². The predicted octanol–water partition coefficient (Wildman–Crippen LogP) is 5.37. The Morgan fingerprint density at radius 1 is 1.08 bits per heavy atom. The van der Waals surface area contributed by atoms with Gasteiger partial charge in [-0.15, -0.1) is 0 Å². The molecule has 0 amide bonds. The van der Waals surface area contributed by atoms with Crippen molar-refractivity contribution in [3.63, 3.8) is 0 Å².